The Kier molecular flexibility index (Phi) is 6.40. The number of sulfone groups is 1. The van der Waals surface area contributed by atoms with E-state index in [9.17, 15) is 8.42 Å². The normalized spacial score (nSPS) is 27.3. The second kappa shape index (κ2) is 9.71. The highest BCUT2D eigenvalue weighted by Crippen LogP contribution is 2.44. The van der Waals surface area contributed by atoms with Crippen LogP contribution in [0.15, 0.2) is 41.3 Å². The highest BCUT2D eigenvalue weighted by atomic mass is 32.2. The van der Waals surface area contributed by atoms with Crippen LogP contribution in [-0.4, -0.2) is 71.3 Å². The van der Waals surface area contributed by atoms with E-state index >= 15 is 0 Å². The molecule has 6 nitrogen and oxygen atoms in total. The molecule has 2 aromatic carbocycles. The first kappa shape index (κ1) is 25.7. The molecule has 4 fully saturated rings. The fourth-order valence-electron chi connectivity index (χ4n) is 8.19. The predicted molar refractivity (Wildman–Crippen MR) is 157 cm³/mol. The summed E-state index contributed by atoms with van der Waals surface area (Å²) in [6.07, 6.45) is 13.7. The van der Waals surface area contributed by atoms with Gasteiger partial charge in [0, 0.05) is 43.0 Å². The molecule has 208 valence electrons. The van der Waals surface area contributed by atoms with Gasteiger partial charge in [0.05, 0.1) is 15.9 Å². The van der Waals surface area contributed by atoms with Gasteiger partial charge in [0.25, 0.3) is 0 Å². The van der Waals surface area contributed by atoms with Crippen LogP contribution in [0.25, 0.3) is 22.4 Å². The highest BCUT2D eigenvalue weighted by molar-refractivity contribution is 7.90. The second-order valence-corrected chi connectivity index (χ2v) is 14.9. The summed E-state index contributed by atoms with van der Waals surface area (Å²) in [4.78, 5) is 11.1. The average Bonchev–Trinajstić information content (AvgIpc) is 3.34. The van der Waals surface area contributed by atoms with Crippen molar-refractivity contribution >= 4 is 20.9 Å². The number of nitrogens with zero attached hydrogens (tertiary/aromatic N) is 4. The Morgan fingerprint density at radius 2 is 1.51 bits per heavy atom. The lowest BCUT2D eigenvalue weighted by molar-refractivity contribution is -0.000821. The molecule has 4 heterocycles. The van der Waals surface area contributed by atoms with Gasteiger partial charge in [0.2, 0.25) is 0 Å². The topological polar surface area (TPSA) is 58.4 Å². The van der Waals surface area contributed by atoms with Gasteiger partial charge in [-0.05, 0) is 119 Å². The monoisotopic (exact) mass is 546 g/mol. The number of aryl methyl sites for hydroxylation is 2. The number of aromatic nitrogens is 2. The Balaban J connectivity index is 1.06. The summed E-state index contributed by atoms with van der Waals surface area (Å²) in [7, 11) is -1.14. The summed E-state index contributed by atoms with van der Waals surface area (Å²) in [5.41, 5.74) is 5.80. The van der Waals surface area contributed by atoms with Crippen molar-refractivity contribution in [2.45, 2.75) is 99.7 Å². The van der Waals surface area contributed by atoms with Crippen molar-refractivity contribution in [3.8, 4) is 11.4 Å². The first-order valence-corrected chi connectivity index (χ1v) is 16.9. The summed E-state index contributed by atoms with van der Waals surface area (Å²) in [6, 6.07) is 15.2. The van der Waals surface area contributed by atoms with Crippen LogP contribution in [0.1, 0.15) is 74.8 Å². The fourth-order valence-corrected chi connectivity index (χ4v) is 8.82. The molecule has 0 N–H and O–H groups in total. The Labute approximate surface area is 233 Å². The van der Waals surface area contributed by atoms with Gasteiger partial charge in [-0.1, -0.05) is 12.5 Å². The van der Waals surface area contributed by atoms with Crippen molar-refractivity contribution < 1.29 is 8.42 Å². The van der Waals surface area contributed by atoms with E-state index in [1.807, 2.05) is 12.1 Å². The molecule has 3 aromatic rings. The van der Waals surface area contributed by atoms with Crippen molar-refractivity contribution in [2.75, 3.05) is 19.3 Å². The largest absolute Gasteiger partial charge is 0.327 e. The maximum Gasteiger partial charge on any atom is 0.175 e. The Morgan fingerprint density at radius 1 is 0.846 bits per heavy atom. The standard InChI is InChI=1S/C32H42N4O2S/c1-21-17-24(18-30-31(21)33-32(34(30)2)23-7-11-29(12-8-23)39(3,37)38)22-13-15-35(16-14-22)28-19-26-9-10-27(20-28)36(26)25-5-4-6-25/h7-8,11-12,17-18,22,25-28H,4-6,9-10,13-16,19-20H2,1-3H3. The van der Waals surface area contributed by atoms with Gasteiger partial charge in [0.15, 0.2) is 9.84 Å². The summed E-state index contributed by atoms with van der Waals surface area (Å²) >= 11 is 0. The first-order chi connectivity index (χ1) is 18.8. The molecule has 0 spiro atoms. The van der Waals surface area contributed by atoms with E-state index in [4.69, 9.17) is 4.98 Å². The van der Waals surface area contributed by atoms with Gasteiger partial charge >= 0.3 is 0 Å². The van der Waals surface area contributed by atoms with Crippen LogP contribution >= 0.6 is 0 Å². The van der Waals surface area contributed by atoms with E-state index in [-0.39, 0.29) is 0 Å². The van der Waals surface area contributed by atoms with Gasteiger partial charge in [-0.25, -0.2) is 13.4 Å². The molecule has 3 saturated heterocycles. The van der Waals surface area contributed by atoms with Crippen molar-refractivity contribution in [1.29, 1.82) is 0 Å². The van der Waals surface area contributed by atoms with Gasteiger partial charge < -0.3 is 9.47 Å². The lowest BCUT2D eigenvalue weighted by Gasteiger charge is -2.50. The number of imidazole rings is 1. The van der Waals surface area contributed by atoms with Crippen molar-refractivity contribution in [2.24, 2.45) is 7.05 Å². The second-order valence-electron chi connectivity index (χ2n) is 12.8. The molecule has 2 atom stereocenters. The summed E-state index contributed by atoms with van der Waals surface area (Å²) < 4.78 is 25.9. The minimum Gasteiger partial charge on any atom is -0.327 e. The first-order valence-electron chi connectivity index (χ1n) is 15.0. The van der Waals surface area contributed by atoms with E-state index in [1.54, 1.807) is 12.1 Å². The van der Waals surface area contributed by atoms with Gasteiger partial charge in [0.1, 0.15) is 5.82 Å². The summed E-state index contributed by atoms with van der Waals surface area (Å²) in [5, 5.41) is 0. The fraction of sp³-hybridized carbons (Fsp3) is 0.594. The molecule has 0 radical (unpaired) electrons. The molecule has 1 aliphatic carbocycles. The number of hydrogen-bond acceptors (Lipinski definition) is 5. The van der Waals surface area contributed by atoms with Crippen LogP contribution in [-0.2, 0) is 16.9 Å². The molecular weight excluding hydrogens is 504 g/mol. The molecule has 0 amide bonds. The van der Waals surface area contributed by atoms with E-state index in [2.05, 4.69) is 40.5 Å². The van der Waals surface area contributed by atoms with Crippen molar-refractivity contribution in [3.05, 3.63) is 47.5 Å². The number of piperidine rings is 2. The molecular formula is C32H42N4O2S. The summed E-state index contributed by atoms with van der Waals surface area (Å²) in [6.45, 7) is 4.62. The molecule has 2 bridgehead atoms. The highest BCUT2D eigenvalue weighted by Gasteiger charge is 2.46. The van der Waals surface area contributed by atoms with Crippen LogP contribution in [0.4, 0.5) is 0 Å². The Bertz CT molecular complexity index is 1470. The predicted octanol–water partition coefficient (Wildman–Crippen LogP) is 5.68. The third kappa shape index (κ3) is 4.54. The number of likely N-dealkylation sites (tertiary alicyclic amines) is 1. The average molecular weight is 547 g/mol. The van der Waals surface area contributed by atoms with Gasteiger partial charge in [-0.3, -0.25) is 4.90 Å². The zero-order chi connectivity index (χ0) is 26.9. The van der Waals surface area contributed by atoms with E-state index in [0.717, 1.165) is 46.6 Å². The van der Waals surface area contributed by atoms with Gasteiger partial charge in [-0.2, -0.15) is 0 Å². The zero-order valence-corrected chi connectivity index (χ0v) is 24.5. The third-order valence-electron chi connectivity index (χ3n) is 10.5. The van der Waals surface area contributed by atoms with Crippen LogP contribution in [0.2, 0.25) is 0 Å². The quantitative estimate of drug-likeness (QED) is 0.412. The molecule has 1 saturated carbocycles. The van der Waals surface area contributed by atoms with E-state index in [0.29, 0.717) is 10.8 Å². The summed E-state index contributed by atoms with van der Waals surface area (Å²) in [5.74, 6) is 1.48. The number of benzene rings is 2. The number of rotatable bonds is 5. The third-order valence-corrected chi connectivity index (χ3v) is 11.6. The molecule has 2 unspecified atom stereocenters. The molecule has 7 heteroatoms. The maximum atomic E-state index is 11.9. The van der Waals surface area contributed by atoms with Crippen LogP contribution in [0, 0.1) is 6.92 Å². The van der Waals surface area contributed by atoms with Gasteiger partial charge in [-0.15, -0.1) is 0 Å². The van der Waals surface area contributed by atoms with Crippen molar-refractivity contribution in [1.82, 2.24) is 19.4 Å². The smallest absolute Gasteiger partial charge is 0.175 e. The van der Waals surface area contributed by atoms with Crippen molar-refractivity contribution in [3.63, 3.8) is 0 Å². The molecule has 4 aliphatic rings. The zero-order valence-electron chi connectivity index (χ0n) is 23.6. The lowest BCUT2D eigenvalue weighted by Crippen LogP contribution is -2.56. The molecule has 1 aromatic heterocycles. The van der Waals surface area contributed by atoms with Crippen LogP contribution in [0.5, 0.6) is 0 Å². The SMILES string of the molecule is Cc1cc(C2CCN(C3CC4CCC(C3)N4C3CCC3)CC2)cc2c1nc(-c1ccc(S(C)(=O)=O)cc1)n2C. The van der Waals surface area contributed by atoms with Crippen LogP contribution < -0.4 is 0 Å². The minimum absolute atomic E-state index is 0.339. The van der Waals surface area contributed by atoms with Crippen LogP contribution in [0.3, 0.4) is 0 Å². The molecule has 3 aliphatic heterocycles. The lowest BCUT2D eigenvalue weighted by atomic mass is 9.84. The molecule has 7 rings (SSSR count). The van der Waals surface area contributed by atoms with E-state index in [1.165, 1.54) is 88.3 Å². The number of fused-ring (bicyclic) bond motifs is 3. The number of hydrogen-bond donors (Lipinski definition) is 0. The Hall–Kier alpha value is -2.22. The maximum absolute atomic E-state index is 11.9. The minimum atomic E-state index is -3.21. The molecule has 39 heavy (non-hydrogen) atoms. The van der Waals surface area contributed by atoms with E-state index < -0.39 is 9.84 Å². The Morgan fingerprint density at radius 3 is 2.10 bits per heavy atom.